The first-order valence-corrected chi connectivity index (χ1v) is 4.41. The molecule has 2 aromatic rings. The molecular weight excluding hydrogens is 176 g/mol. The molecule has 0 aliphatic heterocycles. The summed E-state index contributed by atoms with van der Waals surface area (Å²) in [5, 5.41) is 9.36. The van der Waals surface area contributed by atoms with E-state index in [0.29, 0.717) is 11.6 Å². The van der Waals surface area contributed by atoms with E-state index in [1.54, 1.807) is 6.07 Å². The van der Waals surface area contributed by atoms with E-state index in [9.17, 15) is 5.11 Å². The van der Waals surface area contributed by atoms with Crippen LogP contribution in [-0.2, 0) is 0 Å². The van der Waals surface area contributed by atoms with Crippen LogP contribution >= 0.6 is 0 Å². The van der Waals surface area contributed by atoms with Crippen LogP contribution in [0, 0.1) is 6.92 Å². The monoisotopic (exact) mass is 188 g/mol. The minimum absolute atomic E-state index is 0.313. The van der Waals surface area contributed by atoms with E-state index >= 15 is 0 Å². The Balaban J connectivity index is 2.47. The molecule has 3 heteroatoms. The van der Waals surface area contributed by atoms with Crippen molar-refractivity contribution < 1.29 is 5.11 Å². The fourth-order valence-corrected chi connectivity index (χ4v) is 1.40. The van der Waals surface area contributed by atoms with Crippen LogP contribution in [0.2, 0.25) is 0 Å². The highest BCUT2D eigenvalue weighted by molar-refractivity contribution is 5.64. The van der Waals surface area contributed by atoms with Gasteiger partial charge in [-0.1, -0.05) is 0 Å². The molecule has 2 rings (SSSR count). The molecule has 1 heterocycles. The van der Waals surface area contributed by atoms with Crippen LogP contribution in [0.25, 0.3) is 11.3 Å². The van der Waals surface area contributed by atoms with Crippen molar-refractivity contribution in [3.8, 4) is 17.0 Å². The average molecular weight is 188 g/mol. The number of nitrogens with one attached hydrogen (secondary N) is 1. The number of aryl methyl sites for hydroxylation is 1. The molecule has 0 aliphatic rings. The second-order valence-corrected chi connectivity index (χ2v) is 3.33. The summed E-state index contributed by atoms with van der Waals surface area (Å²) < 4.78 is 0. The third-order valence-corrected chi connectivity index (χ3v) is 2.22. The summed E-state index contributed by atoms with van der Waals surface area (Å²) in [6.45, 7) is 1.87. The molecule has 0 spiro atoms. The van der Waals surface area contributed by atoms with Crippen LogP contribution in [0.5, 0.6) is 5.75 Å². The first-order chi connectivity index (χ1) is 6.66. The zero-order chi connectivity index (χ0) is 10.1. The molecule has 1 aromatic carbocycles. The number of hydrogen-bond acceptors (Lipinski definition) is 2. The number of anilines is 1. The fraction of sp³-hybridized carbons (Fsp3) is 0.0909. The molecule has 3 nitrogen and oxygen atoms in total. The number of aromatic amines is 1. The predicted molar refractivity (Wildman–Crippen MR) is 57.0 cm³/mol. The average Bonchev–Trinajstić information content (AvgIpc) is 2.57. The molecule has 4 N–H and O–H groups in total. The van der Waals surface area contributed by atoms with Crippen molar-refractivity contribution >= 4 is 5.82 Å². The topological polar surface area (TPSA) is 62.0 Å². The molecule has 0 fully saturated rings. The highest BCUT2D eigenvalue weighted by Gasteiger charge is 2.02. The normalized spacial score (nSPS) is 10.4. The zero-order valence-corrected chi connectivity index (χ0v) is 7.91. The summed E-state index contributed by atoms with van der Waals surface area (Å²) in [5.74, 6) is 0.957. The fourth-order valence-electron chi connectivity index (χ4n) is 1.40. The number of nitrogen functional groups attached to an aromatic ring is 1. The lowest BCUT2D eigenvalue weighted by atomic mass is 10.1. The van der Waals surface area contributed by atoms with Gasteiger partial charge in [0, 0.05) is 5.69 Å². The molecule has 0 saturated heterocycles. The van der Waals surface area contributed by atoms with Crippen LogP contribution in [-0.4, -0.2) is 10.1 Å². The van der Waals surface area contributed by atoms with Crippen molar-refractivity contribution in [3.05, 3.63) is 35.9 Å². The summed E-state index contributed by atoms with van der Waals surface area (Å²) in [4.78, 5) is 3.04. The van der Waals surface area contributed by atoms with E-state index in [0.717, 1.165) is 16.8 Å². The second-order valence-electron chi connectivity index (χ2n) is 3.33. The first kappa shape index (κ1) is 8.69. The molecule has 72 valence electrons. The van der Waals surface area contributed by atoms with E-state index in [-0.39, 0.29) is 0 Å². The summed E-state index contributed by atoms with van der Waals surface area (Å²) >= 11 is 0. The van der Waals surface area contributed by atoms with Gasteiger partial charge in [-0.05, 0) is 48.4 Å². The van der Waals surface area contributed by atoms with Crippen LogP contribution in [0.1, 0.15) is 5.56 Å². The highest BCUT2D eigenvalue weighted by atomic mass is 16.3. The molecule has 0 radical (unpaired) electrons. The lowest BCUT2D eigenvalue weighted by Crippen LogP contribution is -1.84. The predicted octanol–water partition coefficient (Wildman–Crippen LogP) is 2.28. The summed E-state index contributed by atoms with van der Waals surface area (Å²) in [6, 6.07) is 9.19. The van der Waals surface area contributed by atoms with E-state index in [4.69, 9.17) is 5.73 Å². The molecule has 14 heavy (non-hydrogen) atoms. The van der Waals surface area contributed by atoms with Crippen molar-refractivity contribution in [1.29, 1.82) is 0 Å². The minimum atomic E-state index is 0.313. The van der Waals surface area contributed by atoms with Gasteiger partial charge in [-0.2, -0.15) is 0 Å². The van der Waals surface area contributed by atoms with Crippen LogP contribution < -0.4 is 5.73 Å². The highest BCUT2D eigenvalue weighted by Crippen LogP contribution is 2.24. The lowest BCUT2D eigenvalue weighted by molar-refractivity contribution is 0.471. The Morgan fingerprint density at radius 1 is 1.21 bits per heavy atom. The van der Waals surface area contributed by atoms with Crippen LogP contribution in [0.4, 0.5) is 5.82 Å². The molecule has 0 saturated carbocycles. The maximum absolute atomic E-state index is 9.36. The number of aromatic nitrogens is 1. The number of hydrogen-bond donors (Lipinski definition) is 3. The van der Waals surface area contributed by atoms with Crippen molar-refractivity contribution in [2.45, 2.75) is 6.92 Å². The van der Waals surface area contributed by atoms with Crippen molar-refractivity contribution in [2.24, 2.45) is 0 Å². The Bertz CT molecular complexity index is 460. The van der Waals surface area contributed by atoms with E-state index in [1.807, 2.05) is 31.2 Å². The van der Waals surface area contributed by atoms with Gasteiger partial charge in [0.25, 0.3) is 0 Å². The number of benzene rings is 1. The molecule has 0 unspecified atom stereocenters. The standard InChI is InChI=1S/C11H12N2O/c1-7-6-8(2-4-10(7)14)9-3-5-11(12)13-9/h2-6,13-14H,12H2,1H3. The lowest BCUT2D eigenvalue weighted by Gasteiger charge is -2.02. The quantitative estimate of drug-likeness (QED) is 0.642. The summed E-state index contributed by atoms with van der Waals surface area (Å²) in [7, 11) is 0. The molecule has 0 atom stereocenters. The Hall–Kier alpha value is -1.90. The van der Waals surface area contributed by atoms with Crippen molar-refractivity contribution in [3.63, 3.8) is 0 Å². The SMILES string of the molecule is Cc1cc(-c2ccc(N)[nH]2)ccc1O. The van der Waals surface area contributed by atoms with Crippen molar-refractivity contribution in [1.82, 2.24) is 4.98 Å². The molecule has 1 aromatic heterocycles. The van der Waals surface area contributed by atoms with Gasteiger partial charge in [0.1, 0.15) is 11.6 Å². The molecule has 0 amide bonds. The van der Waals surface area contributed by atoms with E-state index in [1.165, 1.54) is 0 Å². The van der Waals surface area contributed by atoms with E-state index in [2.05, 4.69) is 4.98 Å². The van der Waals surface area contributed by atoms with Gasteiger partial charge in [0.2, 0.25) is 0 Å². The Labute approximate surface area is 82.2 Å². The van der Waals surface area contributed by atoms with Crippen LogP contribution in [0.15, 0.2) is 30.3 Å². The van der Waals surface area contributed by atoms with Gasteiger partial charge < -0.3 is 15.8 Å². The number of aromatic hydroxyl groups is 1. The maximum atomic E-state index is 9.36. The Morgan fingerprint density at radius 3 is 2.57 bits per heavy atom. The summed E-state index contributed by atoms with van der Waals surface area (Å²) in [6.07, 6.45) is 0. The number of phenols is 1. The largest absolute Gasteiger partial charge is 0.508 e. The van der Waals surface area contributed by atoms with Gasteiger partial charge in [-0.15, -0.1) is 0 Å². The summed E-state index contributed by atoms with van der Waals surface area (Å²) in [5.41, 5.74) is 8.42. The number of rotatable bonds is 1. The molecular formula is C11H12N2O. The zero-order valence-electron chi connectivity index (χ0n) is 7.91. The molecule has 0 bridgehead atoms. The maximum Gasteiger partial charge on any atom is 0.118 e. The van der Waals surface area contributed by atoms with Gasteiger partial charge >= 0.3 is 0 Å². The smallest absolute Gasteiger partial charge is 0.118 e. The third kappa shape index (κ3) is 1.44. The van der Waals surface area contributed by atoms with Gasteiger partial charge in [0.05, 0.1) is 0 Å². The van der Waals surface area contributed by atoms with Gasteiger partial charge in [-0.3, -0.25) is 0 Å². The Kier molecular flexibility index (Phi) is 1.93. The number of H-pyrrole nitrogens is 1. The van der Waals surface area contributed by atoms with Gasteiger partial charge in [-0.25, -0.2) is 0 Å². The van der Waals surface area contributed by atoms with Crippen molar-refractivity contribution in [2.75, 3.05) is 5.73 Å². The number of nitrogens with two attached hydrogens (primary N) is 1. The first-order valence-electron chi connectivity index (χ1n) is 4.41. The molecule has 0 aliphatic carbocycles. The second kappa shape index (κ2) is 3.10. The van der Waals surface area contributed by atoms with Gasteiger partial charge in [0.15, 0.2) is 0 Å². The minimum Gasteiger partial charge on any atom is -0.508 e. The van der Waals surface area contributed by atoms with E-state index < -0.39 is 0 Å². The van der Waals surface area contributed by atoms with Crippen LogP contribution in [0.3, 0.4) is 0 Å². The number of phenolic OH excluding ortho intramolecular Hbond substituents is 1. The Morgan fingerprint density at radius 2 is 2.00 bits per heavy atom. The third-order valence-electron chi connectivity index (χ3n) is 2.22.